The van der Waals surface area contributed by atoms with Crippen molar-refractivity contribution in [3.63, 3.8) is 0 Å². The predicted molar refractivity (Wildman–Crippen MR) is 88.8 cm³/mol. The van der Waals surface area contributed by atoms with Crippen LogP contribution in [-0.4, -0.2) is 24.2 Å². The molecule has 2 heterocycles. The van der Waals surface area contributed by atoms with E-state index in [4.69, 9.17) is 0 Å². The van der Waals surface area contributed by atoms with Gasteiger partial charge in [0.1, 0.15) is 16.5 Å². The van der Waals surface area contributed by atoms with Gasteiger partial charge in [-0.1, -0.05) is 11.3 Å². The summed E-state index contributed by atoms with van der Waals surface area (Å²) in [4.78, 5) is 15.1. The maximum atomic E-state index is 14.4. The van der Waals surface area contributed by atoms with E-state index in [1.54, 1.807) is 12.3 Å². The van der Waals surface area contributed by atoms with Crippen LogP contribution >= 0.6 is 22.7 Å². The van der Waals surface area contributed by atoms with Gasteiger partial charge in [-0.2, -0.15) is 0 Å². The molecular formula is C14H10F2N2O3S3. The fourth-order valence-electron chi connectivity index (χ4n) is 2.13. The van der Waals surface area contributed by atoms with Crippen LogP contribution in [0.4, 0.5) is 8.78 Å². The van der Waals surface area contributed by atoms with Crippen LogP contribution in [-0.2, 0) is 9.84 Å². The van der Waals surface area contributed by atoms with Crippen LogP contribution in [0, 0.1) is 18.6 Å². The monoisotopic (exact) mass is 388 g/mol. The molecule has 126 valence electrons. The summed E-state index contributed by atoms with van der Waals surface area (Å²) in [5, 5.41) is 3.45. The van der Waals surface area contributed by atoms with Crippen LogP contribution in [0.5, 0.6) is 0 Å². The van der Waals surface area contributed by atoms with Crippen molar-refractivity contribution in [1.29, 1.82) is 0 Å². The van der Waals surface area contributed by atoms with Crippen LogP contribution < -0.4 is 4.87 Å². The Morgan fingerprint density at radius 1 is 1.12 bits per heavy atom. The number of sulfone groups is 1. The SMILES string of the molecule is Cc1csc(-n2c(-c3cc(F)c(S(C)(=O)=O)cc3F)csc2=O)n1. The van der Waals surface area contributed by atoms with Gasteiger partial charge in [-0.05, 0) is 19.1 Å². The van der Waals surface area contributed by atoms with Gasteiger partial charge in [0.2, 0.25) is 0 Å². The van der Waals surface area contributed by atoms with E-state index in [2.05, 4.69) is 4.98 Å². The van der Waals surface area contributed by atoms with Crippen molar-refractivity contribution in [2.75, 3.05) is 6.26 Å². The van der Waals surface area contributed by atoms with E-state index in [-0.39, 0.29) is 11.3 Å². The fraction of sp³-hybridized carbons (Fsp3) is 0.143. The third kappa shape index (κ3) is 2.92. The quantitative estimate of drug-likeness (QED) is 0.692. The molecule has 2 aromatic heterocycles. The number of hydrogen-bond acceptors (Lipinski definition) is 6. The summed E-state index contributed by atoms with van der Waals surface area (Å²) in [5.74, 6) is -2.01. The second kappa shape index (κ2) is 5.87. The average molecular weight is 388 g/mol. The Labute approximate surface area is 143 Å². The van der Waals surface area contributed by atoms with E-state index < -0.39 is 31.2 Å². The zero-order valence-corrected chi connectivity index (χ0v) is 14.9. The smallest absolute Gasteiger partial charge is 0.256 e. The summed E-state index contributed by atoms with van der Waals surface area (Å²) in [6.45, 7) is 1.75. The highest BCUT2D eigenvalue weighted by Crippen LogP contribution is 2.30. The highest BCUT2D eigenvalue weighted by atomic mass is 32.2. The second-order valence-electron chi connectivity index (χ2n) is 5.03. The van der Waals surface area contributed by atoms with Gasteiger partial charge in [0.25, 0.3) is 0 Å². The zero-order valence-electron chi connectivity index (χ0n) is 12.4. The molecule has 0 unspecified atom stereocenters. The van der Waals surface area contributed by atoms with Gasteiger partial charge in [0.15, 0.2) is 15.0 Å². The molecule has 3 rings (SSSR count). The Bertz CT molecular complexity index is 1100. The van der Waals surface area contributed by atoms with Gasteiger partial charge in [0, 0.05) is 22.6 Å². The minimum Gasteiger partial charge on any atom is -0.256 e. The Balaban J connectivity index is 2.25. The van der Waals surface area contributed by atoms with E-state index >= 15 is 0 Å². The molecule has 0 spiro atoms. The van der Waals surface area contributed by atoms with Crippen LogP contribution in [0.3, 0.4) is 0 Å². The van der Waals surface area contributed by atoms with Crippen LogP contribution in [0.1, 0.15) is 5.69 Å². The van der Waals surface area contributed by atoms with E-state index in [1.165, 1.54) is 21.3 Å². The van der Waals surface area contributed by atoms with E-state index in [1.807, 2.05) is 0 Å². The molecule has 0 bridgehead atoms. The lowest BCUT2D eigenvalue weighted by Gasteiger charge is -2.08. The number of halogens is 2. The molecule has 0 amide bonds. The molecule has 0 fully saturated rings. The molecule has 0 saturated heterocycles. The first-order valence-corrected chi connectivity index (χ1v) is 10.2. The van der Waals surface area contributed by atoms with Crippen molar-refractivity contribution >= 4 is 32.5 Å². The van der Waals surface area contributed by atoms with Gasteiger partial charge in [-0.3, -0.25) is 4.79 Å². The largest absolute Gasteiger partial charge is 0.313 e. The average Bonchev–Trinajstić information content (AvgIpc) is 3.05. The first-order valence-electron chi connectivity index (χ1n) is 6.51. The summed E-state index contributed by atoms with van der Waals surface area (Å²) in [6.07, 6.45) is 0.795. The molecule has 0 aliphatic heterocycles. The summed E-state index contributed by atoms with van der Waals surface area (Å²) in [6, 6.07) is 1.41. The molecule has 0 aliphatic carbocycles. The van der Waals surface area contributed by atoms with Crippen LogP contribution in [0.25, 0.3) is 16.4 Å². The van der Waals surface area contributed by atoms with Crippen LogP contribution in [0.2, 0.25) is 0 Å². The van der Waals surface area contributed by atoms with Crippen molar-refractivity contribution in [3.05, 3.63) is 49.9 Å². The van der Waals surface area contributed by atoms with Crippen LogP contribution in [0.15, 0.2) is 32.6 Å². The van der Waals surface area contributed by atoms with Crippen molar-refractivity contribution in [1.82, 2.24) is 9.55 Å². The van der Waals surface area contributed by atoms with Gasteiger partial charge >= 0.3 is 4.87 Å². The Morgan fingerprint density at radius 2 is 1.83 bits per heavy atom. The molecule has 1 aromatic carbocycles. The summed E-state index contributed by atoms with van der Waals surface area (Å²) >= 11 is 2.02. The second-order valence-corrected chi connectivity index (χ2v) is 8.67. The molecule has 3 aromatic rings. The fourth-order valence-corrected chi connectivity index (χ4v) is 4.46. The van der Waals surface area contributed by atoms with Gasteiger partial charge < -0.3 is 0 Å². The number of aromatic nitrogens is 2. The molecule has 24 heavy (non-hydrogen) atoms. The normalized spacial score (nSPS) is 11.8. The maximum Gasteiger partial charge on any atom is 0.313 e. The molecule has 5 nitrogen and oxygen atoms in total. The zero-order chi connectivity index (χ0) is 17.6. The molecule has 0 N–H and O–H groups in total. The lowest BCUT2D eigenvalue weighted by Crippen LogP contribution is -2.12. The Hall–Kier alpha value is -1.91. The number of benzene rings is 1. The number of rotatable bonds is 3. The number of thiazole rings is 2. The first-order chi connectivity index (χ1) is 11.2. The minimum absolute atomic E-state index is 0.121. The molecular weight excluding hydrogens is 378 g/mol. The lowest BCUT2D eigenvalue weighted by atomic mass is 10.1. The van der Waals surface area contributed by atoms with Gasteiger partial charge in [-0.25, -0.2) is 26.7 Å². The van der Waals surface area contributed by atoms with E-state index in [0.717, 1.165) is 23.7 Å². The Morgan fingerprint density at radius 3 is 2.42 bits per heavy atom. The summed E-state index contributed by atoms with van der Waals surface area (Å²) in [7, 11) is -3.90. The van der Waals surface area contributed by atoms with Gasteiger partial charge in [0.05, 0.1) is 11.4 Å². The van der Waals surface area contributed by atoms with Crippen molar-refractivity contribution in [2.45, 2.75) is 11.8 Å². The molecule has 0 atom stereocenters. The van der Waals surface area contributed by atoms with Crippen molar-refractivity contribution in [3.8, 4) is 16.4 Å². The first kappa shape index (κ1) is 16.9. The topological polar surface area (TPSA) is 69.0 Å². The third-order valence-electron chi connectivity index (χ3n) is 3.19. The van der Waals surface area contributed by atoms with Crippen molar-refractivity contribution in [2.24, 2.45) is 0 Å². The van der Waals surface area contributed by atoms with E-state index in [0.29, 0.717) is 16.9 Å². The standard InChI is InChI=1S/C14H10F2N2O3S3/c1-7-5-22-13(17-7)18-11(6-23-14(18)19)8-3-10(16)12(4-9(8)15)24(2,20)21/h3-6H,1-2H3. The predicted octanol–water partition coefficient (Wildman–Crippen LogP) is 3.01. The lowest BCUT2D eigenvalue weighted by molar-refractivity contribution is 0.557. The number of nitrogens with zero attached hydrogens (tertiary/aromatic N) is 2. The molecule has 0 aliphatic rings. The Kier molecular flexibility index (Phi) is 4.14. The van der Waals surface area contributed by atoms with E-state index in [9.17, 15) is 22.0 Å². The maximum absolute atomic E-state index is 14.4. The molecule has 10 heteroatoms. The molecule has 0 saturated carbocycles. The highest BCUT2D eigenvalue weighted by Gasteiger charge is 2.22. The highest BCUT2D eigenvalue weighted by molar-refractivity contribution is 7.90. The third-order valence-corrected chi connectivity index (χ3v) is 5.97. The number of hydrogen-bond donors (Lipinski definition) is 0. The molecule has 0 radical (unpaired) electrons. The number of aryl methyl sites for hydroxylation is 1. The van der Waals surface area contributed by atoms with Gasteiger partial charge in [-0.15, -0.1) is 11.3 Å². The summed E-state index contributed by atoms with van der Waals surface area (Å²) in [5.41, 5.74) is 0.611. The van der Waals surface area contributed by atoms with Crippen molar-refractivity contribution < 1.29 is 17.2 Å². The minimum atomic E-state index is -3.90. The summed E-state index contributed by atoms with van der Waals surface area (Å²) < 4.78 is 52.7.